The van der Waals surface area contributed by atoms with E-state index in [1.807, 2.05) is 36.5 Å². The highest BCUT2D eigenvalue weighted by molar-refractivity contribution is 5.94. The molecule has 5 rings (SSSR count). The summed E-state index contributed by atoms with van der Waals surface area (Å²) in [4.78, 5) is 15.3. The van der Waals surface area contributed by atoms with Crippen LogP contribution in [0.25, 0.3) is 11.3 Å². The molecule has 3 aromatic rings. The van der Waals surface area contributed by atoms with Gasteiger partial charge < -0.3 is 9.47 Å². The van der Waals surface area contributed by atoms with Crippen LogP contribution in [0.15, 0.2) is 6.07 Å². The maximum atomic E-state index is 13.4. The molecule has 2 aliphatic heterocycles. The van der Waals surface area contributed by atoms with Crippen LogP contribution in [-0.2, 0) is 20.0 Å². The van der Waals surface area contributed by atoms with E-state index in [1.54, 1.807) is 0 Å². The number of aromatic nitrogens is 7. The Bertz CT molecular complexity index is 1090. The van der Waals surface area contributed by atoms with E-state index in [1.165, 1.54) is 6.42 Å². The molecule has 1 N–H and O–H groups in total. The van der Waals surface area contributed by atoms with Crippen LogP contribution in [0.2, 0.25) is 0 Å². The second-order valence-corrected chi connectivity index (χ2v) is 8.43. The summed E-state index contributed by atoms with van der Waals surface area (Å²) in [6.07, 6.45) is 6.40. The SMILES string of the molecule is Cc1nn(C)c(C)c1-c1cc(C(=O)N2CCCC2c2nnc3n2CCCCC3)[nH]n1. The first-order valence-corrected chi connectivity index (χ1v) is 10.8. The number of likely N-dealkylation sites (tertiary alicyclic amines) is 1. The molecule has 9 nitrogen and oxygen atoms in total. The van der Waals surface area contributed by atoms with E-state index in [2.05, 4.69) is 30.1 Å². The Labute approximate surface area is 175 Å². The molecule has 0 aliphatic carbocycles. The Morgan fingerprint density at radius 1 is 1.13 bits per heavy atom. The number of rotatable bonds is 3. The number of nitrogens with zero attached hydrogens (tertiary/aromatic N) is 7. The molecule has 0 bridgehead atoms. The Morgan fingerprint density at radius 3 is 2.80 bits per heavy atom. The van der Waals surface area contributed by atoms with Crippen molar-refractivity contribution in [2.45, 2.75) is 65.0 Å². The lowest BCUT2D eigenvalue weighted by molar-refractivity contribution is 0.0721. The molecule has 0 aromatic carbocycles. The number of hydrogen-bond donors (Lipinski definition) is 1. The van der Waals surface area contributed by atoms with Crippen molar-refractivity contribution in [2.24, 2.45) is 7.05 Å². The fraction of sp³-hybridized carbons (Fsp3) is 0.571. The molecule has 1 unspecified atom stereocenters. The van der Waals surface area contributed by atoms with Gasteiger partial charge in [0.25, 0.3) is 5.91 Å². The predicted molar refractivity (Wildman–Crippen MR) is 111 cm³/mol. The van der Waals surface area contributed by atoms with Crippen molar-refractivity contribution >= 4 is 5.91 Å². The first-order valence-electron chi connectivity index (χ1n) is 10.8. The zero-order valence-electron chi connectivity index (χ0n) is 17.9. The molecular formula is C21H28N8O. The van der Waals surface area contributed by atoms with Crippen molar-refractivity contribution < 1.29 is 4.79 Å². The predicted octanol–water partition coefficient (Wildman–Crippen LogP) is 2.72. The number of fused-ring (bicyclic) bond motifs is 1. The molecule has 5 heterocycles. The maximum Gasteiger partial charge on any atom is 0.272 e. The molecule has 1 amide bonds. The number of hydrogen-bond acceptors (Lipinski definition) is 5. The van der Waals surface area contributed by atoms with E-state index in [-0.39, 0.29) is 11.9 Å². The summed E-state index contributed by atoms with van der Waals surface area (Å²) in [6, 6.07) is 1.82. The highest BCUT2D eigenvalue weighted by atomic mass is 16.2. The molecule has 2 aliphatic rings. The van der Waals surface area contributed by atoms with Gasteiger partial charge in [-0.15, -0.1) is 10.2 Å². The third-order valence-electron chi connectivity index (χ3n) is 6.52. The first-order chi connectivity index (χ1) is 14.5. The van der Waals surface area contributed by atoms with Gasteiger partial charge >= 0.3 is 0 Å². The van der Waals surface area contributed by atoms with Crippen molar-refractivity contribution in [1.82, 2.24) is 39.6 Å². The second kappa shape index (κ2) is 7.37. The van der Waals surface area contributed by atoms with Crippen LogP contribution in [0.3, 0.4) is 0 Å². The van der Waals surface area contributed by atoms with E-state index >= 15 is 0 Å². The van der Waals surface area contributed by atoms with Crippen molar-refractivity contribution in [2.75, 3.05) is 6.54 Å². The van der Waals surface area contributed by atoms with Gasteiger partial charge in [0.15, 0.2) is 5.82 Å². The molecule has 3 aromatic heterocycles. The lowest BCUT2D eigenvalue weighted by atomic mass is 10.1. The molecule has 1 atom stereocenters. The van der Waals surface area contributed by atoms with Gasteiger partial charge in [0, 0.05) is 37.8 Å². The van der Waals surface area contributed by atoms with Crippen LogP contribution < -0.4 is 0 Å². The van der Waals surface area contributed by atoms with Crippen LogP contribution in [0, 0.1) is 13.8 Å². The van der Waals surface area contributed by atoms with E-state index in [0.717, 1.165) is 79.5 Å². The summed E-state index contributed by atoms with van der Waals surface area (Å²) in [5.74, 6) is 1.98. The summed E-state index contributed by atoms with van der Waals surface area (Å²) in [6.45, 7) is 5.65. The standard InChI is InChI=1S/C21H28N8O/c1-13-19(14(2)27(3)26-13)15-12-16(23-22-15)21(30)28-11-7-8-17(28)20-25-24-18-9-5-4-6-10-29(18)20/h12,17H,4-11H2,1-3H3,(H,22,23). The fourth-order valence-electron chi connectivity index (χ4n) is 4.89. The smallest absolute Gasteiger partial charge is 0.272 e. The van der Waals surface area contributed by atoms with Gasteiger partial charge in [0.05, 0.1) is 17.4 Å². The van der Waals surface area contributed by atoms with Crippen molar-refractivity contribution in [1.29, 1.82) is 0 Å². The molecule has 0 spiro atoms. The summed E-state index contributed by atoms with van der Waals surface area (Å²) < 4.78 is 4.10. The lowest BCUT2D eigenvalue weighted by Gasteiger charge is -2.24. The molecule has 1 fully saturated rings. The fourth-order valence-corrected chi connectivity index (χ4v) is 4.89. The van der Waals surface area contributed by atoms with E-state index in [9.17, 15) is 4.79 Å². The Hall–Kier alpha value is -2.97. The molecule has 0 radical (unpaired) electrons. The summed E-state index contributed by atoms with van der Waals surface area (Å²) in [5.41, 5.74) is 4.19. The second-order valence-electron chi connectivity index (χ2n) is 8.43. The van der Waals surface area contributed by atoms with E-state index in [4.69, 9.17) is 0 Å². The van der Waals surface area contributed by atoms with Crippen molar-refractivity contribution in [3.63, 3.8) is 0 Å². The quantitative estimate of drug-likeness (QED) is 0.719. The van der Waals surface area contributed by atoms with Gasteiger partial charge in [0.1, 0.15) is 11.5 Å². The molecular weight excluding hydrogens is 380 g/mol. The summed E-state index contributed by atoms with van der Waals surface area (Å²) in [7, 11) is 1.92. The number of aromatic amines is 1. The first kappa shape index (κ1) is 19.0. The molecule has 158 valence electrons. The Kier molecular flexibility index (Phi) is 4.67. The molecule has 1 saturated heterocycles. The zero-order valence-corrected chi connectivity index (χ0v) is 17.9. The zero-order chi connectivity index (χ0) is 20.8. The van der Waals surface area contributed by atoms with Gasteiger partial charge in [-0.1, -0.05) is 6.42 Å². The normalized spacial score (nSPS) is 19.2. The summed E-state index contributed by atoms with van der Waals surface area (Å²) >= 11 is 0. The number of H-pyrrole nitrogens is 1. The van der Waals surface area contributed by atoms with Crippen LogP contribution >= 0.6 is 0 Å². The lowest BCUT2D eigenvalue weighted by Crippen LogP contribution is -2.32. The highest BCUT2D eigenvalue weighted by Crippen LogP contribution is 2.34. The Balaban J connectivity index is 1.43. The number of nitrogens with one attached hydrogen (secondary N) is 1. The molecule has 9 heteroatoms. The average Bonchev–Trinajstić information content (AvgIpc) is 3.48. The monoisotopic (exact) mass is 408 g/mol. The van der Waals surface area contributed by atoms with Gasteiger partial charge in [-0.3, -0.25) is 14.6 Å². The van der Waals surface area contributed by atoms with Gasteiger partial charge in [-0.05, 0) is 45.6 Å². The number of carbonyl (C=O) groups excluding carboxylic acids is 1. The minimum atomic E-state index is -0.0265. The average molecular weight is 409 g/mol. The topological polar surface area (TPSA) is 97.5 Å². The third-order valence-corrected chi connectivity index (χ3v) is 6.52. The minimum absolute atomic E-state index is 0.0227. The number of carbonyl (C=O) groups is 1. The van der Waals surface area contributed by atoms with Gasteiger partial charge in [-0.2, -0.15) is 10.2 Å². The molecule has 0 saturated carbocycles. The van der Waals surface area contributed by atoms with E-state index in [0.29, 0.717) is 5.69 Å². The number of aryl methyl sites for hydroxylation is 3. The maximum absolute atomic E-state index is 13.4. The number of amides is 1. The van der Waals surface area contributed by atoms with Crippen LogP contribution in [-0.4, -0.2) is 52.1 Å². The van der Waals surface area contributed by atoms with E-state index < -0.39 is 0 Å². The van der Waals surface area contributed by atoms with Gasteiger partial charge in [0.2, 0.25) is 0 Å². The third kappa shape index (κ3) is 3.03. The largest absolute Gasteiger partial charge is 0.327 e. The Morgan fingerprint density at radius 2 is 2.00 bits per heavy atom. The highest BCUT2D eigenvalue weighted by Gasteiger charge is 2.35. The van der Waals surface area contributed by atoms with Gasteiger partial charge in [-0.25, -0.2) is 0 Å². The van der Waals surface area contributed by atoms with Crippen LogP contribution in [0.4, 0.5) is 0 Å². The van der Waals surface area contributed by atoms with Crippen LogP contribution in [0.5, 0.6) is 0 Å². The minimum Gasteiger partial charge on any atom is -0.327 e. The summed E-state index contributed by atoms with van der Waals surface area (Å²) in [5, 5.41) is 20.8. The molecule has 30 heavy (non-hydrogen) atoms. The van der Waals surface area contributed by atoms with Crippen molar-refractivity contribution in [3.8, 4) is 11.3 Å². The van der Waals surface area contributed by atoms with Crippen LogP contribution in [0.1, 0.15) is 71.7 Å². The van der Waals surface area contributed by atoms with Crippen molar-refractivity contribution in [3.05, 3.63) is 34.8 Å².